The number of halogens is 3. The molecule has 5 nitrogen and oxygen atoms in total. The normalized spacial score (nSPS) is 10.9. The standard InChI is InChI=1S/C17H13F3O5/c1-23-15-10(9-21)4-3-5-14(15)11-6-12(16(22)24-2)8-13(7-11)25-17(18,19)20/h3-9H,1-2H3. The highest BCUT2D eigenvalue weighted by Gasteiger charge is 2.31. The summed E-state index contributed by atoms with van der Waals surface area (Å²) in [6.45, 7) is 0. The first kappa shape index (κ1) is 18.3. The topological polar surface area (TPSA) is 61.8 Å². The molecule has 2 aromatic rings. The number of rotatable bonds is 5. The summed E-state index contributed by atoms with van der Waals surface area (Å²) >= 11 is 0. The summed E-state index contributed by atoms with van der Waals surface area (Å²) in [5.74, 6) is -1.26. The molecule has 0 aliphatic rings. The Morgan fingerprint density at radius 2 is 1.84 bits per heavy atom. The van der Waals surface area contributed by atoms with Crippen molar-refractivity contribution >= 4 is 12.3 Å². The van der Waals surface area contributed by atoms with Gasteiger partial charge in [0.1, 0.15) is 11.5 Å². The molecule has 0 heterocycles. The molecule has 0 aliphatic heterocycles. The number of alkyl halides is 3. The van der Waals surface area contributed by atoms with E-state index in [0.29, 0.717) is 11.8 Å². The quantitative estimate of drug-likeness (QED) is 0.603. The van der Waals surface area contributed by atoms with Gasteiger partial charge in [-0.05, 0) is 29.8 Å². The highest BCUT2D eigenvalue weighted by atomic mass is 19.4. The van der Waals surface area contributed by atoms with Crippen LogP contribution in [-0.2, 0) is 4.74 Å². The molecule has 25 heavy (non-hydrogen) atoms. The van der Waals surface area contributed by atoms with E-state index in [-0.39, 0.29) is 22.4 Å². The van der Waals surface area contributed by atoms with Crippen LogP contribution < -0.4 is 9.47 Å². The first-order valence-corrected chi connectivity index (χ1v) is 6.90. The van der Waals surface area contributed by atoms with E-state index in [9.17, 15) is 22.8 Å². The fraction of sp³-hybridized carbons (Fsp3) is 0.176. The molecule has 0 unspecified atom stereocenters. The van der Waals surface area contributed by atoms with E-state index in [1.165, 1.54) is 25.3 Å². The van der Waals surface area contributed by atoms with Crippen LogP contribution in [0.1, 0.15) is 20.7 Å². The summed E-state index contributed by atoms with van der Waals surface area (Å²) in [4.78, 5) is 22.9. The van der Waals surface area contributed by atoms with Gasteiger partial charge in [-0.3, -0.25) is 4.79 Å². The minimum atomic E-state index is -4.93. The van der Waals surface area contributed by atoms with Crippen molar-refractivity contribution in [3.05, 3.63) is 47.5 Å². The zero-order chi connectivity index (χ0) is 18.6. The summed E-state index contributed by atoms with van der Waals surface area (Å²) in [7, 11) is 2.43. The second kappa shape index (κ2) is 7.25. The highest BCUT2D eigenvalue weighted by Crippen LogP contribution is 2.36. The average molecular weight is 354 g/mol. The minimum absolute atomic E-state index is 0.141. The van der Waals surface area contributed by atoms with E-state index in [1.807, 2.05) is 0 Å². The molecular weight excluding hydrogens is 341 g/mol. The van der Waals surface area contributed by atoms with Crippen LogP contribution in [0.15, 0.2) is 36.4 Å². The Morgan fingerprint density at radius 3 is 2.40 bits per heavy atom. The number of hydrogen-bond acceptors (Lipinski definition) is 5. The van der Waals surface area contributed by atoms with E-state index >= 15 is 0 Å². The van der Waals surface area contributed by atoms with E-state index in [4.69, 9.17) is 4.74 Å². The molecule has 0 fully saturated rings. The monoisotopic (exact) mass is 354 g/mol. The Bertz CT molecular complexity index is 799. The lowest BCUT2D eigenvalue weighted by Crippen LogP contribution is -2.17. The predicted octanol–water partition coefficient (Wildman–Crippen LogP) is 3.86. The summed E-state index contributed by atoms with van der Waals surface area (Å²) in [6.07, 6.45) is -4.37. The van der Waals surface area contributed by atoms with Crippen LogP contribution in [-0.4, -0.2) is 32.8 Å². The fourth-order valence-corrected chi connectivity index (χ4v) is 2.29. The third kappa shape index (κ3) is 4.28. The van der Waals surface area contributed by atoms with E-state index in [0.717, 1.165) is 19.2 Å². The lowest BCUT2D eigenvalue weighted by Gasteiger charge is -2.14. The molecule has 2 rings (SSSR count). The molecule has 0 atom stereocenters. The van der Waals surface area contributed by atoms with Crippen LogP contribution in [0.4, 0.5) is 13.2 Å². The molecule has 0 spiro atoms. The van der Waals surface area contributed by atoms with Crippen molar-refractivity contribution in [3.63, 3.8) is 0 Å². The van der Waals surface area contributed by atoms with Gasteiger partial charge < -0.3 is 14.2 Å². The number of carbonyl (C=O) groups excluding carboxylic acids is 2. The number of hydrogen-bond donors (Lipinski definition) is 0. The molecule has 132 valence electrons. The first-order valence-electron chi connectivity index (χ1n) is 6.90. The number of methoxy groups -OCH3 is 2. The minimum Gasteiger partial charge on any atom is -0.495 e. The maximum atomic E-state index is 12.5. The van der Waals surface area contributed by atoms with Gasteiger partial charge in [-0.1, -0.05) is 12.1 Å². The molecule has 2 aromatic carbocycles. The lowest BCUT2D eigenvalue weighted by atomic mass is 9.99. The Kier molecular flexibility index (Phi) is 5.31. The van der Waals surface area contributed by atoms with Gasteiger partial charge in [-0.15, -0.1) is 13.2 Å². The van der Waals surface area contributed by atoms with Crippen molar-refractivity contribution in [1.82, 2.24) is 0 Å². The van der Waals surface area contributed by atoms with Gasteiger partial charge in [-0.25, -0.2) is 4.79 Å². The van der Waals surface area contributed by atoms with Gasteiger partial charge in [0.25, 0.3) is 0 Å². The number of carbonyl (C=O) groups is 2. The number of para-hydroxylation sites is 1. The molecule has 0 aromatic heterocycles. The van der Waals surface area contributed by atoms with Crippen molar-refractivity contribution in [3.8, 4) is 22.6 Å². The van der Waals surface area contributed by atoms with E-state index < -0.39 is 18.1 Å². The third-order valence-electron chi connectivity index (χ3n) is 3.25. The van der Waals surface area contributed by atoms with E-state index in [1.54, 1.807) is 6.07 Å². The van der Waals surface area contributed by atoms with Crippen LogP contribution in [0.2, 0.25) is 0 Å². The van der Waals surface area contributed by atoms with Crippen LogP contribution >= 0.6 is 0 Å². The molecule has 0 saturated carbocycles. The van der Waals surface area contributed by atoms with Crippen molar-refractivity contribution in [2.75, 3.05) is 14.2 Å². The summed E-state index contributed by atoms with van der Waals surface area (Å²) in [5, 5.41) is 0. The first-order chi connectivity index (χ1) is 11.8. The van der Waals surface area contributed by atoms with Crippen molar-refractivity contribution in [1.29, 1.82) is 0 Å². The number of benzene rings is 2. The molecule has 0 amide bonds. The zero-order valence-electron chi connectivity index (χ0n) is 13.2. The summed E-state index contributed by atoms with van der Waals surface area (Å²) in [6, 6.07) is 7.90. The van der Waals surface area contributed by atoms with Gasteiger partial charge in [0.15, 0.2) is 6.29 Å². The second-order valence-electron chi connectivity index (χ2n) is 4.83. The summed E-state index contributed by atoms with van der Waals surface area (Å²) < 4.78 is 51.3. The van der Waals surface area contributed by atoms with Gasteiger partial charge in [-0.2, -0.15) is 0 Å². The Balaban J connectivity index is 2.66. The fourth-order valence-electron chi connectivity index (χ4n) is 2.29. The van der Waals surface area contributed by atoms with E-state index in [2.05, 4.69) is 9.47 Å². The molecule has 0 saturated heterocycles. The number of ether oxygens (including phenoxy) is 3. The lowest BCUT2D eigenvalue weighted by molar-refractivity contribution is -0.274. The Hall–Kier alpha value is -3.03. The zero-order valence-corrected chi connectivity index (χ0v) is 13.2. The molecule has 0 bridgehead atoms. The molecule has 0 aliphatic carbocycles. The average Bonchev–Trinajstić information content (AvgIpc) is 2.58. The third-order valence-corrected chi connectivity index (χ3v) is 3.25. The maximum absolute atomic E-state index is 12.5. The van der Waals surface area contributed by atoms with Crippen LogP contribution in [0.5, 0.6) is 11.5 Å². The molecule has 8 heteroatoms. The highest BCUT2D eigenvalue weighted by molar-refractivity contribution is 5.93. The van der Waals surface area contributed by atoms with Crippen LogP contribution in [0.25, 0.3) is 11.1 Å². The van der Waals surface area contributed by atoms with Crippen molar-refractivity contribution < 1.29 is 37.0 Å². The van der Waals surface area contributed by atoms with Crippen molar-refractivity contribution in [2.24, 2.45) is 0 Å². The summed E-state index contributed by atoms with van der Waals surface area (Å²) in [5.41, 5.74) is 0.590. The molecule has 0 N–H and O–H groups in total. The predicted molar refractivity (Wildman–Crippen MR) is 81.8 cm³/mol. The van der Waals surface area contributed by atoms with Crippen LogP contribution in [0.3, 0.4) is 0 Å². The van der Waals surface area contributed by atoms with Crippen LogP contribution in [0, 0.1) is 0 Å². The smallest absolute Gasteiger partial charge is 0.495 e. The number of aldehydes is 1. The van der Waals surface area contributed by atoms with Gasteiger partial charge in [0, 0.05) is 5.56 Å². The largest absolute Gasteiger partial charge is 0.573 e. The Labute approximate surface area is 140 Å². The Morgan fingerprint density at radius 1 is 1.12 bits per heavy atom. The molecular formula is C17H13F3O5. The van der Waals surface area contributed by atoms with Crippen molar-refractivity contribution in [2.45, 2.75) is 6.36 Å². The van der Waals surface area contributed by atoms with Gasteiger partial charge >= 0.3 is 12.3 Å². The van der Waals surface area contributed by atoms with Gasteiger partial charge in [0.2, 0.25) is 0 Å². The molecule has 0 radical (unpaired) electrons. The maximum Gasteiger partial charge on any atom is 0.573 e. The second-order valence-corrected chi connectivity index (χ2v) is 4.83. The van der Waals surface area contributed by atoms with Gasteiger partial charge in [0.05, 0.1) is 25.3 Å². The number of esters is 1. The SMILES string of the molecule is COC(=O)c1cc(OC(F)(F)F)cc(-c2cccc(C=O)c2OC)c1.